The van der Waals surface area contributed by atoms with Crippen LogP contribution in [-0.2, 0) is 0 Å². The van der Waals surface area contributed by atoms with Crippen LogP contribution in [0.1, 0.15) is 24.3 Å². The number of pyridine rings is 1. The van der Waals surface area contributed by atoms with Gasteiger partial charge in [-0.1, -0.05) is 6.07 Å². The van der Waals surface area contributed by atoms with E-state index in [-0.39, 0.29) is 0 Å². The molecule has 0 amide bonds. The van der Waals surface area contributed by atoms with E-state index in [0.29, 0.717) is 5.25 Å². The molecule has 72 valence electrons. The molecule has 0 radical (unpaired) electrons. The Kier molecular flexibility index (Phi) is 4.86. The van der Waals surface area contributed by atoms with Crippen molar-refractivity contribution in [2.45, 2.75) is 18.6 Å². The number of nitrogens with zero attached hydrogens (tertiary/aromatic N) is 1. The topological polar surface area (TPSA) is 38.9 Å². The third-order valence-electron chi connectivity index (χ3n) is 1.82. The first-order chi connectivity index (χ1) is 6.34. The Morgan fingerprint density at radius 3 is 3.00 bits per heavy atom. The van der Waals surface area contributed by atoms with Crippen LogP contribution >= 0.6 is 11.8 Å². The predicted octanol–water partition coefficient (Wildman–Crippen LogP) is 2.22. The van der Waals surface area contributed by atoms with E-state index in [1.54, 1.807) is 0 Å². The minimum absolute atomic E-state index is 0.479. The molecule has 1 aromatic rings. The fourth-order valence-electron chi connectivity index (χ4n) is 1.05. The third kappa shape index (κ3) is 3.79. The van der Waals surface area contributed by atoms with Crippen molar-refractivity contribution in [2.75, 3.05) is 12.3 Å². The molecule has 0 aromatic carbocycles. The molecule has 2 N–H and O–H groups in total. The quantitative estimate of drug-likeness (QED) is 0.734. The lowest BCUT2D eigenvalue weighted by molar-refractivity contribution is 0.932. The van der Waals surface area contributed by atoms with E-state index in [4.69, 9.17) is 5.73 Å². The molecular weight excluding hydrogens is 180 g/mol. The maximum Gasteiger partial charge on any atom is 0.0530 e. The molecule has 13 heavy (non-hydrogen) atoms. The number of thioether (sulfide) groups is 1. The van der Waals surface area contributed by atoms with Gasteiger partial charge in [0.25, 0.3) is 0 Å². The minimum Gasteiger partial charge on any atom is -0.330 e. The normalized spacial score (nSPS) is 12.8. The number of hydrogen-bond donors (Lipinski definition) is 1. The summed E-state index contributed by atoms with van der Waals surface area (Å²) < 4.78 is 0. The highest BCUT2D eigenvalue weighted by molar-refractivity contribution is 7.99. The van der Waals surface area contributed by atoms with Crippen LogP contribution in [-0.4, -0.2) is 17.3 Å². The third-order valence-corrected chi connectivity index (χ3v) is 3.09. The summed E-state index contributed by atoms with van der Waals surface area (Å²) in [5.74, 6) is 1.12. The van der Waals surface area contributed by atoms with E-state index < -0.39 is 0 Å². The van der Waals surface area contributed by atoms with Crippen LogP contribution in [0.3, 0.4) is 0 Å². The molecule has 1 rings (SSSR count). The highest BCUT2D eigenvalue weighted by Gasteiger charge is 2.05. The second kappa shape index (κ2) is 6.00. The molecule has 0 bridgehead atoms. The molecule has 0 aliphatic heterocycles. The Morgan fingerprint density at radius 2 is 2.38 bits per heavy atom. The van der Waals surface area contributed by atoms with Gasteiger partial charge in [-0.2, -0.15) is 11.8 Å². The van der Waals surface area contributed by atoms with Crippen molar-refractivity contribution in [3.63, 3.8) is 0 Å². The van der Waals surface area contributed by atoms with Crippen molar-refractivity contribution in [2.24, 2.45) is 5.73 Å². The summed E-state index contributed by atoms with van der Waals surface area (Å²) in [6.45, 7) is 2.96. The van der Waals surface area contributed by atoms with Gasteiger partial charge in [-0.05, 0) is 37.8 Å². The summed E-state index contributed by atoms with van der Waals surface area (Å²) in [6.07, 6.45) is 2.93. The lowest BCUT2D eigenvalue weighted by Crippen LogP contribution is -2.01. The van der Waals surface area contributed by atoms with Gasteiger partial charge in [-0.15, -0.1) is 0 Å². The van der Waals surface area contributed by atoms with Crippen molar-refractivity contribution in [3.05, 3.63) is 30.1 Å². The summed E-state index contributed by atoms with van der Waals surface area (Å²) >= 11 is 1.91. The number of aromatic nitrogens is 1. The minimum atomic E-state index is 0.479. The molecule has 0 saturated carbocycles. The highest BCUT2D eigenvalue weighted by Crippen LogP contribution is 2.26. The van der Waals surface area contributed by atoms with Gasteiger partial charge in [0, 0.05) is 11.4 Å². The maximum atomic E-state index is 5.42. The average Bonchev–Trinajstić information content (AvgIpc) is 2.19. The molecule has 2 nitrogen and oxygen atoms in total. The van der Waals surface area contributed by atoms with Crippen LogP contribution in [0.25, 0.3) is 0 Å². The number of nitrogens with two attached hydrogens (primary N) is 1. The zero-order valence-electron chi connectivity index (χ0n) is 7.94. The Balaban J connectivity index is 2.35. The van der Waals surface area contributed by atoms with Crippen molar-refractivity contribution >= 4 is 11.8 Å². The zero-order chi connectivity index (χ0) is 9.52. The Hall–Kier alpha value is -0.540. The summed E-state index contributed by atoms with van der Waals surface area (Å²) in [5, 5.41) is 0.479. The van der Waals surface area contributed by atoms with Crippen LogP contribution in [0.15, 0.2) is 24.4 Å². The van der Waals surface area contributed by atoms with E-state index in [9.17, 15) is 0 Å². The van der Waals surface area contributed by atoms with Crippen LogP contribution in [0.2, 0.25) is 0 Å². The van der Waals surface area contributed by atoms with Gasteiger partial charge >= 0.3 is 0 Å². The first-order valence-electron chi connectivity index (χ1n) is 4.57. The van der Waals surface area contributed by atoms with Crippen molar-refractivity contribution in [1.82, 2.24) is 4.98 Å². The molecule has 1 unspecified atom stereocenters. The Bertz CT molecular complexity index is 226. The molecule has 0 aliphatic carbocycles. The van der Waals surface area contributed by atoms with Crippen LogP contribution in [0.5, 0.6) is 0 Å². The van der Waals surface area contributed by atoms with Crippen molar-refractivity contribution < 1.29 is 0 Å². The second-order valence-electron chi connectivity index (χ2n) is 2.91. The zero-order valence-corrected chi connectivity index (χ0v) is 8.76. The molecule has 3 heteroatoms. The Labute approximate surface area is 83.9 Å². The summed E-state index contributed by atoms with van der Waals surface area (Å²) in [6, 6.07) is 6.04. The molecule has 0 aliphatic rings. The van der Waals surface area contributed by atoms with E-state index in [1.165, 1.54) is 0 Å². The van der Waals surface area contributed by atoms with Crippen molar-refractivity contribution in [1.29, 1.82) is 0 Å². The Morgan fingerprint density at radius 1 is 1.54 bits per heavy atom. The summed E-state index contributed by atoms with van der Waals surface area (Å²) in [4.78, 5) is 4.31. The molecule has 1 heterocycles. The van der Waals surface area contributed by atoms with E-state index in [2.05, 4.69) is 18.0 Å². The SMILES string of the molecule is CC(SCCCN)c1ccccn1. The second-order valence-corrected chi connectivity index (χ2v) is 4.36. The summed E-state index contributed by atoms with van der Waals surface area (Å²) in [7, 11) is 0. The van der Waals surface area contributed by atoms with Gasteiger partial charge in [0.05, 0.1) is 5.69 Å². The molecule has 0 fully saturated rings. The number of hydrogen-bond acceptors (Lipinski definition) is 3. The average molecular weight is 196 g/mol. The first-order valence-corrected chi connectivity index (χ1v) is 5.62. The van der Waals surface area contributed by atoms with Crippen LogP contribution in [0.4, 0.5) is 0 Å². The standard InChI is InChI=1S/C10H16N2S/c1-9(13-8-4-6-11)10-5-2-3-7-12-10/h2-3,5,7,9H,4,6,8,11H2,1H3. The first kappa shape index (κ1) is 10.5. The van der Waals surface area contributed by atoms with E-state index >= 15 is 0 Å². The molecule has 0 spiro atoms. The molecule has 0 saturated heterocycles. The van der Waals surface area contributed by atoms with Crippen molar-refractivity contribution in [3.8, 4) is 0 Å². The van der Waals surface area contributed by atoms with Gasteiger partial charge in [0.15, 0.2) is 0 Å². The lowest BCUT2D eigenvalue weighted by Gasteiger charge is -2.09. The summed E-state index contributed by atoms with van der Waals surface area (Å²) in [5.41, 5.74) is 6.58. The fourth-order valence-corrected chi connectivity index (χ4v) is 2.04. The van der Waals surface area contributed by atoms with Gasteiger partial charge in [0.2, 0.25) is 0 Å². The largest absolute Gasteiger partial charge is 0.330 e. The van der Waals surface area contributed by atoms with E-state index in [0.717, 1.165) is 24.4 Å². The monoisotopic (exact) mass is 196 g/mol. The fraction of sp³-hybridized carbons (Fsp3) is 0.500. The lowest BCUT2D eigenvalue weighted by atomic mass is 10.3. The highest BCUT2D eigenvalue weighted by atomic mass is 32.2. The van der Waals surface area contributed by atoms with Gasteiger partial charge in [0.1, 0.15) is 0 Å². The molecular formula is C10H16N2S. The van der Waals surface area contributed by atoms with Gasteiger partial charge < -0.3 is 5.73 Å². The predicted molar refractivity (Wildman–Crippen MR) is 58.8 cm³/mol. The molecule has 1 atom stereocenters. The van der Waals surface area contributed by atoms with Gasteiger partial charge in [-0.3, -0.25) is 4.98 Å². The number of rotatable bonds is 5. The molecule has 1 aromatic heterocycles. The van der Waals surface area contributed by atoms with E-state index in [1.807, 2.05) is 30.1 Å². The van der Waals surface area contributed by atoms with Crippen LogP contribution < -0.4 is 5.73 Å². The van der Waals surface area contributed by atoms with Gasteiger partial charge in [-0.25, -0.2) is 0 Å². The maximum absolute atomic E-state index is 5.42. The van der Waals surface area contributed by atoms with Crippen LogP contribution in [0, 0.1) is 0 Å². The smallest absolute Gasteiger partial charge is 0.0530 e.